The first kappa shape index (κ1) is 13.5. The molecule has 0 aliphatic heterocycles. The Morgan fingerprint density at radius 3 is 2.11 bits per heavy atom. The highest BCUT2D eigenvalue weighted by atomic mass is 32.2. The predicted molar refractivity (Wildman–Crippen MR) is 72.4 cm³/mol. The first-order valence-electron chi connectivity index (χ1n) is 5.84. The molecule has 0 heterocycles. The quantitative estimate of drug-likeness (QED) is 0.854. The fourth-order valence-electron chi connectivity index (χ4n) is 1.59. The fraction of sp³-hybridized carbons (Fsp3) is 0.143. The maximum atomic E-state index is 12.8. The summed E-state index contributed by atoms with van der Waals surface area (Å²) >= 11 is 0. The van der Waals surface area contributed by atoms with Crippen molar-refractivity contribution in [3.8, 4) is 0 Å². The topological polar surface area (TPSA) is 48.2 Å². The molecule has 0 radical (unpaired) electrons. The van der Waals surface area contributed by atoms with E-state index in [-0.39, 0.29) is 4.90 Å². The van der Waals surface area contributed by atoms with Gasteiger partial charge in [-0.3, -0.25) is 0 Å². The van der Waals surface area contributed by atoms with Crippen LogP contribution in [0.2, 0.25) is 0 Å². The zero-order chi connectivity index (χ0) is 13.9. The van der Waals surface area contributed by atoms with Crippen LogP contribution in [0.5, 0.6) is 0 Å². The van der Waals surface area contributed by atoms with Crippen LogP contribution in [-0.4, -0.2) is 8.42 Å². The lowest BCUT2D eigenvalue weighted by Gasteiger charge is -2.22. The summed E-state index contributed by atoms with van der Waals surface area (Å²) in [7, 11) is -3.79. The molecule has 0 bridgehead atoms. The molecule has 3 nitrogen and oxygen atoms in total. The van der Waals surface area contributed by atoms with Crippen molar-refractivity contribution in [3.05, 3.63) is 64.6 Å². The normalized spacial score (nSPS) is 11.3. The van der Waals surface area contributed by atoms with Gasteiger partial charge in [0, 0.05) is 0 Å². The van der Waals surface area contributed by atoms with Gasteiger partial charge in [-0.05, 0) is 36.2 Å². The maximum absolute atomic E-state index is 12.8. The molecule has 2 rings (SSSR count). The van der Waals surface area contributed by atoms with Gasteiger partial charge in [-0.1, -0.05) is 31.2 Å². The van der Waals surface area contributed by atoms with E-state index in [4.69, 9.17) is 0 Å². The molecular formula is C14H13FNO2S-. The van der Waals surface area contributed by atoms with Gasteiger partial charge in [-0.25, -0.2) is 12.8 Å². The maximum Gasteiger partial charge on any atom is 0.123 e. The zero-order valence-electron chi connectivity index (χ0n) is 10.4. The van der Waals surface area contributed by atoms with Crippen molar-refractivity contribution < 1.29 is 12.8 Å². The second-order valence-electron chi connectivity index (χ2n) is 4.04. The van der Waals surface area contributed by atoms with Crippen molar-refractivity contribution >= 4 is 15.7 Å². The summed E-state index contributed by atoms with van der Waals surface area (Å²) in [6.45, 7) is 2.02. The summed E-state index contributed by atoms with van der Waals surface area (Å²) in [5.41, 5.74) is 1.47. The van der Waals surface area contributed by atoms with Crippen molar-refractivity contribution in [2.24, 2.45) is 0 Å². The number of halogens is 1. The Kier molecular flexibility index (Phi) is 3.85. The summed E-state index contributed by atoms with van der Waals surface area (Å²) < 4.78 is 40.4. The summed E-state index contributed by atoms with van der Waals surface area (Å²) in [6, 6.07) is 11.6. The molecule has 0 saturated heterocycles. The Bertz CT molecular complexity index is 649. The number of aryl methyl sites for hydroxylation is 1. The summed E-state index contributed by atoms with van der Waals surface area (Å²) in [4.78, 5) is -0.0199. The van der Waals surface area contributed by atoms with Crippen molar-refractivity contribution in [1.82, 2.24) is 0 Å². The van der Waals surface area contributed by atoms with Crippen LogP contribution in [0, 0.1) is 5.82 Å². The Hall–Kier alpha value is -1.88. The van der Waals surface area contributed by atoms with E-state index in [1.54, 1.807) is 12.1 Å². The Morgan fingerprint density at radius 2 is 1.58 bits per heavy atom. The minimum absolute atomic E-state index is 0.0199. The highest BCUT2D eigenvalue weighted by Crippen LogP contribution is 2.27. The minimum Gasteiger partial charge on any atom is -0.573 e. The van der Waals surface area contributed by atoms with Crippen molar-refractivity contribution in [2.75, 3.05) is 0 Å². The first-order chi connectivity index (χ1) is 9.01. The predicted octanol–water partition coefficient (Wildman–Crippen LogP) is 3.78. The highest BCUT2D eigenvalue weighted by Gasteiger charge is 2.04. The molecular weight excluding hydrogens is 265 g/mol. The average Bonchev–Trinajstić information content (AvgIpc) is 2.40. The third kappa shape index (κ3) is 3.32. The summed E-state index contributed by atoms with van der Waals surface area (Å²) in [5, 5.41) is 0. The van der Waals surface area contributed by atoms with E-state index in [0.717, 1.165) is 24.1 Å². The second kappa shape index (κ2) is 5.40. The molecule has 0 aromatic heterocycles. The Morgan fingerprint density at radius 1 is 1.00 bits per heavy atom. The third-order valence-electron chi connectivity index (χ3n) is 2.68. The smallest absolute Gasteiger partial charge is 0.123 e. The van der Waals surface area contributed by atoms with E-state index in [2.05, 4.69) is 4.72 Å². The molecule has 0 amide bonds. The number of hydrogen-bond donors (Lipinski definition) is 0. The summed E-state index contributed by atoms with van der Waals surface area (Å²) in [6.07, 6.45) is 0.880. The van der Waals surface area contributed by atoms with Crippen molar-refractivity contribution in [2.45, 2.75) is 18.2 Å². The van der Waals surface area contributed by atoms with Crippen LogP contribution < -0.4 is 0 Å². The van der Waals surface area contributed by atoms with Crippen LogP contribution in [0.15, 0.2) is 53.4 Å². The molecule has 0 fully saturated rings. The van der Waals surface area contributed by atoms with Gasteiger partial charge >= 0.3 is 0 Å². The van der Waals surface area contributed by atoms with Gasteiger partial charge in [0.05, 0.1) is 4.90 Å². The molecule has 0 aliphatic carbocycles. The lowest BCUT2D eigenvalue weighted by Crippen LogP contribution is -1.97. The Labute approximate surface area is 112 Å². The highest BCUT2D eigenvalue weighted by molar-refractivity contribution is 7.94. The van der Waals surface area contributed by atoms with E-state index in [1.165, 1.54) is 12.1 Å². The van der Waals surface area contributed by atoms with Gasteiger partial charge in [0.15, 0.2) is 0 Å². The molecule has 0 aliphatic rings. The number of sulfonamides is 1. The van der Waals surface area contributed by atoms with Crippen molar-refractivity contribution in [1.29, 1.82) is 0 Å². The number of nitrogens with zero attached hydrogens (tertiary/aromatic N) is 1. The Balaban J connectivity index is 2.23. The SMILES string of the molecule is CCc1ccc([N-]S(=O)(=O)c2ccc(F)cc2)cc1. The van der Waals surface area contributed by atoms with E-state index in [1.807, 2.05) is 19.1 Å². The van der Waals surface area contributed by atoms with E-state index in [0.29, 0.717) is 5.69 Å². The monoisotopic (exact) mass is 278 g/mol. The molecule has 2 aromatic carbocycles. The molecule has 100 valence electrons. The van der Waals surface area contributed by atoms with Crippen LogP contribution in [-0.2, 0) is 16.4 Å². The lowest BCUT2D eigenvalue weighted by molar-refractivity contribution is 0.601. The fourth-order valence-corrected chi connectivity index (χ4v) is 2.58. The molecule has 19 heavy (non-hydrogen) atoms. The van der Waals surface area contributed by atoms with Gasteiger partial charge in [0.25, 0.3) is 0 Å². The molecule has 0 atom stereocenters. The molecule has 0 saturated carbocycles. The van der Waals surface area contributed by atoms with E-state index >= 15 is 0 Å². The summed E-state index contributed by atoms with van der Waals surface area (Å²) in [5.74, 6) is -0.480. The zero-order valence-corrected chi connectivity index (χ0v) is 11.2. The number of rotatable bonds is 4. The molecule has 5 heteroatoms. The third-order valence-corrected chi connectivity index (χ3v) is 4.00. The van der Waals surface area contributed by atoms with Gasteiger partial charge < -0.3 is 4.72 Å². The molecule has 2 aromatic rings. The van der Waals surface area contributed by atoms with Gasteiger partial charge in [-0.2, -0.15) is 0 Å². The standard InChI is InChI=1S/C14H13FNO2S/c1-2-11-3-7-13(8-4-11)16-19(17,18)14-9-5-12(15)6-10-14/h3-10H,2H2,1H3/q-1. The van der Waals surface area contributed by atoms with Gasteiger partial charge in [0.2, 0.25) is 0 Å². The average molecular weight is 278 g/mol. The second-order valence-corrected chi connectivity index (χ2v) is 5.64. The number of benzene rings is 2. The minimum atomic E-state index is -3.79. The van der Waals surface area contributed by atoms with Crippen LogP contribution in [0.25, 0.3) is 4.72 Å². The number of hydrogen-bond acceptors (Lipinski definition) is 2. The van der Waals surface area contributed by atoms with Crippen LogP contribution in [0.4, 0.5) is 10.1 Å². The first-order valence-corrected chi connectivity index (χ1v) is 7.28. The van der Waals surface area contributed by atoms with E-state index < -0.39 is 15.8 Å². The van der Waals surface area contributed by atoms with Gasteiger partial charge in [0.1, 0.15) is 15.8 Å². The van der Waals surface area contributed by atoms with Crippen LogP contribution in [0.3, 0.4) is 0 Å². The van der Waals surface area contributed by atoms with Crippen molar-refractivity contribution in [3.63, 3.8) is 0 Å². The molecule has 0 N–H and O–H groups in total. The van der Waals surface area contributed by atoms with Crippen LogP contribution in [0.1, 0.15) is 12.5 Å². The van der Waals surface area contributed by atoms with E-state index in [9.17, 15) is 12.8 Å². The largest absolute Gasteiger partial charge is 0.573 e. The molecule has 0 spiro atoms. The lowest BCUT2D eigenvalue weighted by atomic mass is 10.2. The molecule has 0 unspecified atom stereocenters. The van der Waals surface area contributed by atoms with Gasteiger partial charge in [-0.15, -0.1) is 5.69 Å². The van der Waals surface area contributed by atoms with Crippen LogP contribution >= 0.6 is 0 Å².